The molecule has 256 valence electrons. The van der Waals surface area contributed by atoms with E-state index in [9.17, 15) is 14.2 Å². The molecule has 0 bridgehead atoms. The van der Waals surface area contributed by atoms with Gasteiger partial charge in [-0.05, 0) is 18.8 Å². The van der Waals surface area contributed by atoms with Gasteiger partial charge in [0.2, 0.25) is 0 Å². The van der Waals surface area contributed by atoms with Gasteiger partial charge in [-0.3, -0.25) is 14.1 Å². The molecule has 0 aromatic heterocycles. The zero-order valence-electron chi connectivity index (χ0n) is 28.0. The Morgan fingerprint density at radius 2 is 0.977 bits per heavy atom. The summed E-state index contributed by atoms with van der Waals surface area (Å²) in [5.74, 6) is -0.0435. The summed E-state index contributed by atoms with van der Waals surface area (Å²) < 4.78 is 26.1. The molecule has 0 radical (unpaired) electrons. The first-order valence-corrected chi connectivity index (χ1v) is 19.2. The minimum Gasteiger partial charge on any atom is -0.462 e. The number of unbranched alkanes of at least 4 members (excludes halogenated alkanes) is 20. The van der Waals surface area contributed by atoms with Gasteiger partial charge in [-0.15, -0.1) is 0 Å². The first-order chi connectivity index (χ1) is 20.6. The predicted octanol–water partition coefficient (Wildman–Crippen LogP) is 9.98. The Kier molecular flexibility index (Phi) is 29.1. The lowest BCUT2D eigenvalue weighted by Gasteiger charge is -2.18. The molecular formula is C34H67O8P. The van der Waals surface area contributed by atoms with Crippen molar-refractivity contribution in [3.8, 4) is 0 Å². The van der Waals surface area contributed by atoms with E-state index in [0.29, 0.717) is 6.42 Å². The monoisotopic (exact) mass is 634 g/mol. The van der Waals surface area contributed by atoms with Gasteiger partial charge in [0.05, 0.1) is 6.61 Å². The number of ether oxygens (including phenoxy) is 2. The molecule has 0 fully saturated rings. The molecule has 2 N–H and O–H groups in total. The molecule has 0 rings (SSSR count). The number of carbonyl (C=O) groups is 2. The van der Waals surface area contributed by atoms with Gasteiger partial charge >= 0.3 is 19.8 Å². The highest BCUT2D eigenvalue weighted by molar-refractivity contribution is 7.46. The maximum atomic E-state index is 12.2. The van der Waals surface area contributed by atoms with Crippen molar-refractivity contribution in [3.63, 3.8) is 0 Å². The van der Waals surface area contributed by atoms with Crippen LogP contribution < -0.4 is 0 Å². The van der Waals surface area contributed by atoms with Gasteiger partial charge in [0.15, 0.2) is 6.10 Å². The Bertz CT molecular complexity index is 694. The molecule has 0 aliphatic rings. The van der Waals surface area contributed by atoms with Gasteiger partial charge in [-0.1, -0.05) is 156 Å². The third kappa shape index (κ3) is 33.8. The summed E-state index contributed by atoms with van der Waals surface area (Å²) in [4.78, 5) is 42.4. The van der Waals surface area contributed by atoms with E-state index in [0.717, 1.165) is 44.4 Å². The van der Waals surface area contributed by atoms with E-state index in [1.807, 2.05) is 0 Å². The average molecular weight is 635 g/mol. The van der Waals surface area contributed by atoms with Crippen molar-refractivity contribution >= 4 is 19.8 Å². The Balaban J connectivity index is 3.83. The van der Waals surface area contributed by atoms with Gasteiger partial charge in [0.1, 0.15) is 6.61 Å². The normalized spacial score (nSPS) is 12.5. The Hall–Kier alpha value is -0.950. The number of hydrogen-bond acceptors (Lipinski definition) is 6. The van der Waals surface area contributed by atoms with E-state index in [1.54, 1.807) is 0 Å². The maximum absolute atomic E-state index is 12.2. The molecule has 0 spiro atoms. The van der Waals surface area contributed by atoms with Gasteiger partial charge in [0.25, 0.3) is 0 Å². The van der Waals surface area contributed by atoms with E-state index >= 15 is 0 Å². The molecule has 0 aromatic rings. The van der Waals surface area contributed by atoms with Crippen LogP contribution in [0.5, 0.6) is 0 Å². The summed E-state index contributed by atoms with van der Waals surface area (Å²) in [6.45, 7) is 5.97. The van der Waals surface area contributed by atoms with Gasteiger partial charge in [-0.25, -0.2) is 4.57 Å². The smallest absolute Gasteiger partial charge is 0.462 e. The number of carbonyl (C=O) groups excluding carboxylic acids is 2. The van der Waals surface area contributed by atoms with Gasteiger partial charge in [0, 0.05) is 12.8 Å². The molecule has 43 heavy (non-hydrogen) atoms. The quantitative estimate of drug-likeness (QED) is 0.0426. The Morgan fingerprint density at radius 3 is 1.40 bits per heavy atom. The van der Waals surface area contributed by atoms with E-state index in [1.165, 1.54) is 103 Å². The number of esters is 2. The summed E-state index contributed by atoms with van der Waals surface area (Å²) in [5, 5.41) is 0. The van der Waals surface area contributed by atoms with Crippen molar-refractivity contribution in [1.82, 2.24) is 0 Å². The minimum atomic E-state index is -4.73. The van der Waals surface area contributed by atoms with Gasteiger partial charge < -0.3 is 19.3 Å². The number of rotatable bonds is 32. The van der Waals surface area contributed by atoms with Crippen molar-refractivity contribution in [2.75, 3.05) is 13.2 Å². The average Bonchev–Trinajstić information content (AvgIpc) is 2.95. The van der Waals surface area contributed by atoms with Gasteiger partial charge in [-0.2, -0.15) is 0 Å². The molecule has 0 amide bonds. The zero-order chi connectivity index (χ0) is 32.0. The molecule has 0 aliphatic heterocycles. The van der Waals surface area contributed by atoms with Crippen LogP contribution in [0.3, 0.4) is 0 Å². The van der Waals surface area contributed by atoms with Crippen molar-refractivity contribution in [1.29, 1.82) is 0 Å². The number of hydrogen-bond donors (Lipinski definition) is 2. The highest BCUT2D eigenvalue weighted by Crippen LogP contribution is 2.36. The molecule has 0 aliphatic carbocycles. The first-order valence-electron chi connectivity index (χ1n) is 17.7. The van der Waals surface area contributed by atoms with E-state index < -0.39 is 32.5 Å². The van der Waals surface area contributed by atoms with E-state index in [-0.39, 0.29) is 19.4 Å². The second-order valence-electron chi connectivity index (χ2n) is 12.7. The lowest BCUT2D eigenvalue weighted by Crippen LogP contribution is -2.29. The topological polar surface area (TPSA) is 119 Å². The molecule has 0 saturated heterocycles. The highest BCUT2D eigenvalue weighted by atomic mass is 31.2. The zero-order valence-corrected chi connectivity index (χ0v) is 28.9. The van der Waals surface area contributed by atoms with Crippen LogP contribution in [0.1, 0.15) is 181 Å². The Morgan fingerprint density at radius 1 is 0.581 bits per heavy atom. The minimum absolute atomic E-state index is 0.215. The first kappa shape index (κ1) is 42.0. The molecule has 0 unspecified atom stereocenters. The van der Waals surface area contributed by atoms with Crippen LogP contribution in [0.15, 0.2) is 0 Å². The van der Waals surface area contributed by atoms with Crippen LogP contribution in [-0.4, -0.2) is 41.0 Å². The summed E-state index contributed by atoms with van der Waals surface area (Å²) in [5.41, 5.74) is 0. The van der Waals surface area contributed by atoms with Crippen LogP contribution in [0.4, 0.5) is 0 Å². The summed E-state index contributed by atoms with van der Waals surface area (Å²) in [6, 6.07) is 0. The van der Waals surface area contributed by atoms with Crippen LogP contribution in [0.25, 0.3) is 0 Å². The maximum Gasteiger partial charge on any atom is 0.469 e. The summed E-state index contributed by atoms with van der Waals surface area (Å²) >= 11 is 0. The lowest BCUT2D eigenvalue weighted by molar-refractivity contribution is -0.161. The second kappa shape index (κ2) is 29.7. The van der Waals surface area contributed by atoms with Crippen LogP contribution in [-0.2, 0) is 28.2 Å². The van der Waals surface area contributed by atoms with E-state index in [2.05, 4.69) is 25.3 Å². The van der Waals surface area contributed by atoms with Crippen LogP contribution >= 0.6 is 7.82 Å². The summed E-state index contributed by atoms with van der Waals surface area (Å²) in [7, 11) is -4.73. The summed E-state index contributed by atoms with van der Waals surface area (Å²) in [6.07, 6.45) is 27.1. The Labute approximate surface area is 264 Å². The molecule has 0 aromatic carbocycles. The fourth-order valence-electron chi connectivity index (χ4n) is 5.15. The second-order valence-corrected chi connectivity index (χ2v) is 13.9. The lowest BCUT2D eigenvalue weighted by atomic mass is 10.0. The van der Waals surface area contributed by atoms with Crippen LogP contribution in [0.2, 0.25) is 0 Å². The number of phosphoric ester groups is 1. The molecule has 0 heterocycles. The molecular weight excluding hydrogens is 567 g/mol. The molecule has 0 saturated carbocycles. The van der Waals surface area contributed by atoms with Crippen molar-refractivity contribution in [2.45, 2.75) is 187 Å². The molecule has 9 heteroatoms. The van der Waals surface area contributed by atoms with Crippen molar-refractivity contribution < 1.29 is 37.9 Å². The van der Waals surface area contributed by atoms with Crippen molar-refractivity contribution in [3.05, 3.63) is 0 Å². The third-order valence-corrected chi connectivity index (χ3v) is 8.29. The number of phosphoric acid groups is 1. The standard InChI is InChI=1S/C34H67O8P/c1-4-5-6-7-17-22-25-28-34(36)42-32(30-41-43(37,38)39)29-40-33(35)27-24-21-19-16-14-12-10-8-9-11-13-15-18-20-23-26-31(2)3/h31-32H,4-30H2,1-3H3,(H2,37,38,39)/t32-/m1/s1. The SMILES string of the molecule is CCCCCCCCCC(=O)O[C@H](COC(=O)CCCCCCCCCCCCCCCCCC(C)C)COP(=O)(O)O. The van der Waals surface area contributed by atoms with Crippen LogP contribution in [0, 0.1) is 5.92 Å². The largest absolute Gasteiger partial charge is 0.469 e. The molecule has 1 atom stereocenters. The predicted molar refractivity (Wildman–Crippen MR) is 175 cm³/mol. The fourth-order valence-corrected chi connectivity index (χ4v) is 5.51. The van der Waals surface area contributed by atoms with E-state index in [4.69, 9.17) is 19.3 Å². The van der Waals surface area contributed by atoms with Crippen molar-refractivity contribution in [2.24, 2.45) is 5.92 Å². The fraction of sp³-hybridized carbons (Fsp3) is 0.941. The molecule has 8 nitrogen and oxygen atoms in total. The highest BCUT2D eigenvalue weighted by Gasteiger charge is 2.22. The third-order valence-electron chi connectivity index (χ3n) is 7.80.